The summed E-state index contributed by atoms with van der Waals surface area (Å²) in [4.78, 5) is 4.41. The Morgan fingerprint density at radius 2 is 2.17 bits per heavy atom. The summed E-state index contributed by atoms with van der Waals surface area (Å²) in [5, 5.41) is 4.44. The molecule has 0 saturated heterocycles. The fourth-order valence-corrected chi connectivity index (χ4v) is 2.53. The van der Waals surface area contributed by atoms with Crippen LogP contribution in [0.5, 0.6) is 0 Å². The Morgan fingerprint density at radius 1 is 1.28 bits per heavy atom. The van der Waals surface area contributed by atoms with Crippen molar-refractivity contribution in [3.63, 3.8) is 0 Å². The molecule has 2 aromatic rings. The van der Waals surface area contributed by atoms with E-state index >= 15 is 0 Å². The maximum atomic E-state index is 4.41. The third-order valence-electron chi connectivity index (χ3n) is 3.58. The summed E-state index contributed by atoms with van der Waals surface area (Å²) in [7, 11) is 0. The summed E-state index contributed by atoms with van der Waals surface area (Å²) in [6.45, 7) is 6.21. The molecule has 1 aromatic carbocycles. The van der Waals surface area contributed by atoms with Crippen molar-refractivity contribution in [3.05, 3.63) is 66.1 Å². The topological polar surface area (TPSA) is 24.9 Å². The van der Waals surface area contributed by atoms with Gasteiger partial charge in [0.1, 0.15) is 0 Å². The highest BCUT2D eigenvalue weighted by molar-refractivity contribution is 5.83. The number of nitrogens with zero attached hydrogens (tertiary/aromatic N) is 1. The van der Waals surface area contributed by atoms with E-state index in [9.17, 15) is 0 Å². The van der Waals surface area contributed by atoms with Crippen molar-refractivity contribution in [1.82, 2.24) is 10.3 Å². The molecule has 0 amide bonds. The molecule has 1 unspecified atom stereocenters. The van der Waals surface area contributed by atoms with Gasteiger partial charge >= 0.3 is 0 Å². The van der Waals surface area contributed by atoms with Gasteiger partial charge in [0.25, 0.3) is 0 Å². The number of nitrogens with one attached hydrogen (secondary N) is 1. The van der Waals surface area contributed by atoms with E-state index in [4.69, 9.17) is 0 Å². The molecule has 0 fully saturated rings. The zero-order chi connectivity index (χ0) is 12.5. The van der Waals surface area contributed by atoms with E-state index in [2.05, 4.69) is 54.3 Å². The van der Waals surface area contributed by atoms with Crippen molar-refractivity contribution in [2.75, 3.05) is 0 Å². The molecule has 2 nitrogen and oxygen atoms in total. The van der Waals surface area contributed by atoms with Crippen LogP contribution in [0, 0.1) is 0 Å². The van der Waals surface area contributed by atoms with Gasteiger partial charge in [-0.2, -0.15) is 0 Å². The van der Waals surface area contributed by atoms with E-state index in [1.807, 2.05) is 12.3 Å². The minimum atomic E-state index is 0.393. The number of hydrogen-bond acceptors (Lipinski definition) is 2. The zero-order valence-electron chi connectivity index (χ0n) is 10.5. The third kappa shape index (κ3) is 1.80. The molecule has 0 spiro atoms. The number of aromatic nitrogens is 1. The molecule has 1 aromatic heterocycles. The molecule has 0 bridgehead atoms. The van der Waals surface area contributed by atoms with Crippen LogP contribution < -0.4 is 5.32 Å². The van der Waals surface area contributed by atoms with E-state index in [0.29, 0.717) is 5.92 Å². The second-order valence-electron chi connectivity index (χ2n) is 4.78. The predicted octanol–water partition coefficient (Wildman–Crippen LogP) is 3.73. The van der Waals surface area contributed by atoms with Crippen LogP contribution in [0.4, 0.5) is 0 Å². The van der Waals surface area contributed by atoms with Gasteiger partial charge in [0.05, 0.1) is 5.52 Å². The Kier molecular flexibility index (Phi) is 2.63. The first kappa shape index (κ1) is 11.0. The van der Waals surface area contributed by atoms with Crippen LogP contribution in [0.25, 0.3) is 10.9 Å². The molecule has 1 aliphatic rings. The van der Waals surface area contributed by atoms with Gasteiger partial charge in [0.2, 0.25) is 0 Å². The molecule has 1 atom stereocenters. The number of pyridine rings is 1. The van der Waals surface area contributed by atoms with Gasteiger partial charge in [0, 0.05) is 35.8 Å². The Balaban J connectivity index is 2.06. The highest BCUT2D eigenvalue weighted by Gasteiger charge is 2.18. The molecule has 1 aliphatic heterocycles. The van der Waals surface area contributed by atoms with Crippen molar-refractivity contribution < 1.29 is 0 Å². The molecular weight excluding hydrogens is 220 g/mol. The van der Waals surface area contributed by atoms with Crippen LogP contribution in [-0.4, -0.2) is 4.98 Å². The maximum Gasteiger partial charge on any atom is 0.0704 e. The first-order chi connectivity index (χ1) is 8.75. The normalized spacial score (nSPS) is 16.5. The number of rotatable bonds is 2. The number of benzene rings is 1. The standard InChI is InChI=1S/C16H16N2/c1-11-9-13(10-18-11)12(2)14-5-3-7-16-15(14)6-4-8-17-16/h3-8,10,12,18H,1,9H2,2H3. The van der Waals surface area contributed by atoms with E-state index in [1.54, 1.807) is 0 Å². The Bertz CT molecular complexity index is 635. The summed E-state index contributed by atoms with van der Waals surface area (Å²) in [5.74, 6) is 0.393. The molecule has 2 heteroatoms. The highest BCUT2D eigenvalue weighted by Crippen LogP contribution is 2.33. The average Bonchev–Trinajstić information content (AvgIpc) is 2.84. The number of hydrogen-bond donors (Lipinski definition) is 1. The quantitative estimate of drug-likeness (QED) is 0.859. The molecular formula is C16H16N2. The molecule has 2 heterocycles. The lowest BCUT2D eigenvalue weighted by molar-refractivity contribution is 0.874. The van der Waals surface area contributed by atoms with Crippen LogP contribution in [0.15, 0.2) is 60.6 Å². The van der Waals surface area contributed by atoms with Crippen LogP contribution >= 0.6 is 0 Å². The number of allylic oxidation sites excluding steroid dienone is 1. The predicted molar refractivity (Wildman–Crippen MR) is 75.1 cm³/mol. The van der Waals surface area contributed by atoms with Gasteiger partial charge in [-0.15, -0.1) is 0 Å². The Morgan fingerprint density at radius 3 is 2.94 bits per heavy atom. The van der Waals surface area contributed by atoms with Crippen molar-refractivity contribution in [3.8, 4) is 0 Å². The Hall–Kier alpha value is -2.09. The number of fused-ring (bicyclic) bond motifs is 1. The van der Waals surface area contributed by atoms with Crippen LogP contribution in [0.1, 0.15) is 24.8 Å². The van der Waals surface area contributed by atoms with Crippen LogP contribution in [-0.2, 0) is 0 Å². The van der Waals surface area contributed by atoms with E-state index in [-0.39, 0.29) is 0 Å². The van der Waals surface area contributed by atoms with Crippen LogP contribution in [0.2, 0.25) is 0 Å². The summed E-state index contributed by atoms with van der Waals surface area (Å²) in [6, 6.07) is 10.5. The van der Waals surface area contributed by atoms with Gasteiger partial charge in [-0.05, 0) is 23.3 Å². The summed E-state index contributed by atoms with van der Waals surface area (Å²) in [5.41, 5.74) is 4.86. The van der Waals surface area contributed by atoms with Gasteiger partial charge < -0.3 is 5.32 Å². The van der Waals surface area contributed by atoms with Crippen molar-refractivity contribution in [2.24, 2.45) is 0 Å². The molecule has 90 valence electrons. The Labute approximate surface area is 107 Å². The van der Waals surface area contributed by atoms with Gasteiger partial charge in [0.15, 0.2) is 0 Å². The summed E-state index contributed by atoms with van der Waals surface area (Å²) in [6.07, 6.45) is 4.87. The van der Waals surface area contributed by atoms with Crippen LogP contribution in [0.3, 0.4) is 0 Å². The van der Waals surface area contributed by atoms with Crippen molar-refractivity contribution in [1.29, 1.82) is 0 Å². The molecule has 3 rings (SSSR count). The highest BCUT2D eigenvalue weighted by atomic mass is 14.9. The fraction of sp³-hybridized carbons (Fsp3) is 0.188. The minimum absolute atomic E-state index is 0.393. The summed E-state index contributed by atoms with van der Waals surface area (Å²) < 4.78 is 0. The second kappa shape index (κ2) is 4.30. The first-order valence-electron chi connectivity index (χ1n) is 6.22. The molecule has 18 heavy (non-hydrogen) atoms. The molecule has 0 saturated carbocycles. The lowest BCUT2D eigenvalue weighted by Gasteiger charge is -2.15. The third-order valence-corrected chi connectivity index (χ3v) is 3.58. The van der Waals surface area contributed by atoms with Gasteiger partial charge in [-0.25, -0.2) is 0 Å². The zero-order valence-corrected chi connectivity index (χ0v) is 10.5. The van der Waals surface area contributed by atoms with E-state index < -0.39 is 0 Å². The monoisotopic (exact) mass is 236 g/mol. The molecule has 0 aliphatic carbocycles. The second-order valence-corrected chi connectivity index (χ2v) is 4.78. The smallest absolute Gasteiger partial charge is 0.0704 e. The minimum Gasteiger partial charge on any atom is -0.365 e. The fourth-order valence-electron chi connectivity index (χ4n) is 2.53. The first-order valence-corrected chi connectivity index (χ1v) is 6.22. The molecule has 0 radical (unpaired) electrons. The lowest BCUT2D eigenvalue weighted by atomic mass is 9.89. The summed E-state index contributed by atoms with van der Waals surface area (Å²) >= 11 is 0. The van der Waals surface area contributed by atoms with Crippen molar-refractivity contribution in [2.45, 2.75) is 19.3 Å². The SMILES string of the molecule is C=C1CC(C(C)c2cccc3ncccc23)=CN1. The largest absolute Gasteiger partial charge is 0.365 e. The van der Waals surface area contributed by atoms with Gasteiger partial charge in [-0.3, -0.25) is 4.98 Å². The molecule has 1 N–H and O–H groups in total. The lowest BCUT2D eigenvalue weighted by Crippen LogP contribution is -1.98. The van der Waals surface area contributed by atoms with E-state index in [1.165, 1.54) is 16.5 Å². The maximum absolute atomic E-state index is 4.41. The van der Waals surface area contributed by atoms with E-state index in [0.717, 1.165) is 17.6 Å². The average molecular weight is 236 g/mol. The van der Waals surface area contributed by atoms with Crippen molar-refractivity contribution >= 4 is 10.9 Å². The van der Waals surface area contributed by atoms with Gasteiger partial charge in [-0.1, -0.05) is 31.7 Å².